The zero-order valence-electron chi connectivity index (χ0n) is 10.6. The average molecular weight is 234 g/mol. The Morgan fingerprint density at radius 3 is 2.94 bits per heavy atom. The van der Waals surface area contributed by atoms with E-state index in [1.807, 2.05) is 6.92 Å². The molecule has 17 heavy (non-hydrogen) atoms. The number of oxazole rings is 1. The molecule has 0 bridgehead atoms. The van der Waals surface area contributed by atoms with Crippen molar-refractivity contribution in [2.45, 2.75) is 39.5 Å². The first kappa shape index (κ1) is 11.9. The van der Waals surface area contributed by atoms with Gasteiger partial charge in [-0.25, -0.2) is 9.98 Å². The van der Waals surface area contributed by atoms with Crippen LogP contribution in [0.5, 0.6) is 0 Å². The van der Waals surface area contributed by atoms with Crippen LogP contribution < -0.4 is 0 Å². The van der Waals surface area contributed by atoms with E-state index in [9.17, 15) is 0 Å². The molecule has 0 unspecified atom stereocenters. The number of aromatic nitrogens is 1. The topological polar surface area (TPSA) is 47.6 Å². The predicted molar refractivity (Wildman–Crippen MR) is 66.9 cm³/mol. The van der Waals surface area contributed by atoms with Crippen LogP contribution >= 0.6 is 0 Å². The Hall–Kier alpha value is -1.58. The zero-order chi connectivity index (χ0) is 12.3. The first-order chi connectivity index (χ1) is 8.20. The van der Waals surface area contributed by atoms with Crippen LogP contribution in [0, 0.1) is 0 Å². The largest absolute Gasteiger partial charge is 0.481 e. The molecular weight excluding hydrogens is 216 g/mol. The minimum atomic E-state index is 0.295. The molecule has 1 aromatic heterocycles. The summed E-state index contributed by atoms with van der Waals surface area (Å²) in [5.74, 6) is 2.56. The standard InChI is InChI=1S/C13H18N2O2/c1-4-16-12-7-5-6-10(15-12)11-8-14-13(17-11)9(2)3/h6,8-9H,4-5,7H2,1-3H3. The second-order valence-corrected chi connectivity index (χ2v) is 4.28. The number of hydrogen-bond donors (Lipinski definition) is 0. The third kappa shape index (κ3) is 2.75. The van der Waals surface area contributed by atoms with Crippen molar-refractivity contribution in [3.8, 4) is 0 Å². The van der Waals surface area contributed by atoms with E-state index in [0.29, 0.717) is 12.5 Å². The van der Waals surface area contributed by atoms with E-state index in [1.54, 1.807) is 6.20 Å². The number of allylic oxidation sites excluding steroid dienone is 1. The molecule has 2 heterocycles. The summed E-state index contributed by atoms with van der Waals surface area (Å²) >= 11 is 0. The van der Waals surface area contributed by atoms with E-state index in [0.717, 1.165) is 36.1 Å². The van der Waals surface area contributed by atoms with Gasteiger partial charge < -0.3 is 9.15 Å². The fraction of sp³-hybridized carbons (Fsp3) is 0.538. The predicted octanol–water partition coefficient (Wildman–Crippen LogP) is 3.37. The van der Waals surface area contributed by atoms with E-state index in [1.165, 1.54) is 0 Å². The van der Waals surface area contributed by atoms with Gasteiger partial charge in [0.05, 0.1) is 12.8 Å². The van der Waals surface area contributed by atoms with Crippen LogP contribution in [-0.4, -0.2) is 17.5 Å². The summed E-state index contributed by atoms with van der Waals surface area (Å²) in [6.07, 6.45) is 5.60. The molecule has 92 valence electrons. The van der Waals surface area contributed by atoms with Gasteiger partial charge in [0.15, 0.2) is 17.5 Å². The monoisotopic (exact) mass is 234 g/mol. The molecule has 0 spiro atoms. The van der Waals surface area contributed by atoms with Crippen molar-refractivity contribution < 1.29 is 9.15 Å². The van der Waals surface area contributed by atoms with Gasteiger partial charge in [-0.1, -0.05) is 19.9 Å². The lowest BCUT2D eigenvalue weighted by Gasteiger charge is -2.11. The summed E-state index contributed by atoms with van der Waals surface area (Å²) < 4.78 is 11.1. The van der Waals surface area contributed by atoms with Gasteiger partial charge in [0.25, 0.3) is 0 Å². The van der Waals surface area contributed by atoms with Gasteiger partial charge in [-0.15, -0.1) is 0 Å². The second-order valence-electron chi connectivity index (χ2n) is 4.28. The summed E-state index contributed by atoms with van der Waals surface area (Å²) in [6.45, 7) is 6.73. The first-order valence-corrected chi connectivity index (χ1v) is 6.07. The molecule has 0 radical (unpaired) electrons. The van der Waals surface area contributed by atoms with Gasteiger partial charge in [0, 0.05) is 12.3 Å². The Morgan fingerprint density at radius 1 is 1.47 bits per heavy atom. The molecule has 0 saturated heterocycles. The third-order valence-corrected chi connectivity index (χ3v) is 2.52. The molecule has 0 atom stereocenters. The van der Waals surface area contributed by atoms with Crippen LogP contribution in [-0.2, 0) is 4.74 Å². The number of ether oxygens (including phenoxy) is 1. The van der Waals surface area contributed by atoms with E-state index in [-0.39, 0.29) is 0 Å². The Morgan fingerprint density at radius 2 is 2.29 bits per heavy atom. The minimum absolute atomic E-state index is 0.295. The van der Waals surface area contributed by atoms with Gasteiger partial charge in [0.2, 0.25) is 0 Å². The number of nitrogens with zero attached hydrogens (tertiary/aromatic N) is 2. The van der Waals surface area contributed by atoms with Crippen LogP contribution in [0.4, 0.5) is 0 Å². The molecule has 0 N–H and O–H groups in total. The maximum atomic E-state index is 5.67. The van der Waals surface area contributed by atoms with Gasteiger partial charge in [-0.2, -0.15) is 0 Å². The molecule has 0 aromatic carbocycles. The zero-order valence-corrected chi connectivity index (χ0v) is 10.6. The SMILES string of the molecule is CCOC1=NC(c2cnc(C(C)C)o2)=CCC1. The Labute approximate surface area is 101 Å². The molecule has 1 aliphatic rings. The average Bonchev–Trinajstić information content (AvgIpc) is 2.79. The molecule has 4 nitrogen and oxygen atoms in total. The van der Waals surface area contributed by atoms with Crippen molar-refractivity contribution in [1.82, 2.24) is 4.98 Å². The molecule has 0 saturated carbocycles. The van der Waals surface area contributed by atoms with Crippen LogP contribution in [0.15, 0.2) is 21.7 Å². The molecule has 0 amide bonds. The quantitative estimate of drug-likeness (QED) is 0.805. The highest BCUT2D eigenvalue weighted by molar-refractivity contribution is 5.85. The van der Waals surface area contributed by atoms with Crippen LogP contribution in [0.3, 0.4) is 0 Å². The Balaban J connectivity index is 2.18. The number of aliphatic imine (C=N–C) groups is 1. The van der Waals surface area contributed by atoms with E-state index < -0.39 is 0 Å². The maximum absolute atomic E-state index is 5.67. The summed E-state index contributed by atoms with van der Waals surface area (Å²) in [7, 11) is 0. The summed E-state index contributed by atoms with van der Waals surface area (Å²) in [5, 5.41) is 0. The lowest BCUT2D eigenvalue weighted by atomic mass is 10.2. The van der Waals surface area contributed by atoms with Crippen molar-refractivity contribution in [3.05, 3.63) is 23.9 Å². The van der Waals surface area contributed by atoms with Crippen LogP contribution in [0.2, 0.25) is 0 Å². The maximum Gasteiger partial charge on any atom is 0.197 e. The lowest BCUT2D eigenvalue weighted by molar-refractivity contribution is 0.317. The normalized spacial score (nSPS) is 15.8. The van der Waals surface area contributed by atoms with E-state index in [2.05, 4.69) is 29.9 Å². The number of hydrogen-bond acceptors (Lipinski definition) is 4. The highest BCUT2D eigenvalue weighted by Gasteiger charge is 2.15. The summed E-state index contributed by atoms with van der Waals surface area (Å²) in [4.78, 5) is 8.68. The molecule has 0 fully saturated rings. The molecule has 1 aromatic rings. The van der Waals surface area contributed by atoms with Crippen molar-refractivity contribution in [3.63, 3.8) is 0 Å². The highest BCUT2D eigenvalue weighted by Crippen LogP contribution is 2.24. The third-order valence-electron chi connectivity index (χ3n) is 2.52. The van der Waals surface area contributed by atoms with Gasteiger partial charge in [0.1, 0.15) is 5.70 Å². The molecule has 1 aliphatic heterocycles. The smallest absolute Gasteiger partial charge is 0.197 e. The van der Waals surface area contributed by atoms with Gasteiger partial charge in [-0.05, 0) is 13.3 Å². The van der Waals surface area contributed by atoms with Gasteiger partial charge >= 0.3 is 0 Å². The second kappa shape index (κ2) is 5.17. The fourth-order valence-electron chi connectivity index (χ4n) is 1.67. The summed E-state index contributed by atoms with van der Waals surface area (Å²) in [5.41, 5.74) is 0.832. The number of rotatable bonds is 3. The Bertz CT molecular complexity index is 444. The fourth-order valence-corrected chi connectivity index (χ4v) is 1.67. The highest BCUT2D eigenvalue weighted by atomic mass is 16.5. The molecule has 4 heteroatoms. The lowest BCUT2D eigenvalue weighted by Crippen LogP contribution is -2.07. The first-order valence-electron chi connectivity index (χ1n) is 6.07. The van der Waals surface area contributed by atoms with Crippen molar-refractivity contribution in [2.24, 2.45) is 4.99 Å². The Kier molecular flexibility index (Phi) is 3.61. The van der Waals surface area contributed by atoms with Gasteiger partial charge in [-0.3, -0.25) is 0 Å². The summed E-state index contributed by atoms with van der Waals surface area (Å²) in [6, 6.07) is 0. The van der Waals surface area contributed by atoms with E-state index in [4.69, 9.17) is 9.15 Å². The van der Waals surface area contributed by atoms with E-state index >= 15 is 0 Å². The minimum Gasteiger partial charge on any atom is -0.481 e. The van der Waals surface area contributed by atoms with Crippen molar-refractivity contribution in [2.75, 3.05) is 6.61 Å². The molecular formula is C13H18N2O2. The molecule has 0 aliphatic carbocycles. The van der Waals surface area contributed by atoms with Crippen molar-refractivity contribution in [1.29, 1.82) is 0 Å². The molecule has 2 rings (SSSR count). The van der Waals surface area contributed by atoms with Crippen molar-refractivity contribution >= 4 is 11.6 Å². The van der Waals surface area contributed by atoms with Crippen LogP contribution in [0.25, 0.3) is 5.70 Å². The van der Waals surface area contributed by atoms with Crippen LogP contribution in [0.1, 0.15) is 51.2 Å².